The second-order valence-electron chi connectivity index (χ2n) is 13.7. The van der Waals surface area contributed by atoms with Gasteiger partial charge in [-0.15, -0.1) is 0 Å². The van der Waals surface area contributed by atoms with Gasteiger partial charge in [-0.05, 0) is 104 Å². The highest BCUT2D eigenvalue weighted by molar-refractivity contribution is 6.17. The van der Waals surface area contributed by atoms with E-state index in [0.717, 1.165) is 55.7 Å². The van der Waals surface area contributed by atoms with Crippen LogP contribution in [0.25, 0.3) is 77.2 Å². The fraction of sp³-hybridized carbons (Fsp3) is 0. The number of rotatable bonds is 7. The van der Waals surface area contributed by atoms with Gasteiger partial charge in [0, 0.05) is 22.3 Å². The zero-order valence-electron chi connectivity index (χ0n) is 29.6. The number of benzene rings is 9. The molecule has 254 valence electrons. The largest absolute Gasteiger partial charge is 0.455 e. The number of furan rings is 1. The number of para-hydroxylation sites is 1. The smallest absolute Gasteiger partial charge is 0.145 e. The molecule has 9 aromatic carbocycles. The SMILES string of the molecule is c1ccc(-c2cccc(-c3ccc(N(c4cccc(-c5ccccc5)c4)c4ccc(-c5ccc6ccccc6c5)c5oc6ccccc6c45)cc3)c2)cc1. The molecule has 1 aromatic heterocycles. The van der Waals surface area contributed by atoms with Crippen LogP contribution in [-0.2, 0) is 0 Å². The van der Waals surface area contributed by atoms with Crippen molar-refractivity contribution in [1.29, 1.82) is 0 Å². The predicted molar refractivity (Wildman–Crippen MR) is 228 cm³/mol. The normalized spacial score (nSPS) is 11.3. The summed E-state index contributed by atoms with van der Waals surface area (Å²) in [6, 6.07) is 75.8. The number of hydrogen-bond donors (Lipinski definition) is 0. The van der Waals surface area contributed by atoms with Crippen molar-refractivity contribution in [2.24, 2.45) is 0 Å². The highest BCUT2D eigenvalue weighted by atomic mass is 16.3. The average Bonchev–Trinajstić information content (AvgIpc) is 3.65. The minimum atomic E-state index is 0.869. The van der Waals surface area contributed by atoms with E-state index in [1.165, 1.54) is 38.6 Å². The molecular weight excluding hydrogens is 655 g/mol. The number of nitrogens with zero attached hydrogens (tertiary/aromatic N) is 1. The lowest BCUT2D eigenvalue weighted by Gasteiger charge is -2.27. The standard InChI is InChI=1S/C52H35NO/c1-3-13-36(14-4-1)41-19-11-20-42(33-41)39-27-29-45(30-28-39)53(46-22-12-21-43(35-46)37-15-5-2-6-16-37)49-32-31-47(44-26-25-38-17-7-8-18-40(38)34-44)52-51(49)48-23-9-10-24-50(48)54-52/h1-35H. The molecule has 0 saturated heterocycles. The van der Waals surface area contributed by atoms with Crippen LogP contribution in [0, 0.1) is 0 Å². The van der Waals surface area contributed by atoms with Gasteiger partial charge in [0.2, 0.25) is 0 Å². The molecule has 0 fully saturated rings. The van der Waals surface area contributed by atoms with Gasteiger partial charge >= 0.3 is 0 Å². The van der Waals surface area contributed by atoms with Crippen molar-refractivity contribution in [3.05, 3.63) is 212 Å². The monoisotopic (exact) mass is 689 g/mol. The summed E-state index contributed by atoms with van der Waals surface area (Å²) in [7, 11) is 0. The number of hydrogen-bond acceptors (Lipinski definition) is 2. The highest BCUT2D eigenvalue weighted by Crippen LogP contribution is 2.47. The van der Waals surface area contributed by atoms with Gasteiger partial charge in [-0.3, -0.25) is 0 Å². The summed E-state index contributed by atoms with van der Waals surface area (Å²) in [4.78, 5) is 2.38. The maximum absolute atomic E-state index is 6.80. The Kier molecular flexibility index (Phi) is 7.85. The van der Waals surface area contributed by atoms with Crippen LogP contribution in [-0.4, -0.2) is 0 Å². The van der Waals surface area contributed by atoms with E-state index in [9.17, 15) is 0 Å². The van der Waals surface area contributed by atoms with Crippen molar-refractivity contribution in [2.75, 3.05) is 4.90 Å². The maximum atomic E-state index is 6.80. The number of anilines is 3. The first-order valence-electron chi connectivity index (χ1n) is 18.4. The van der Waals surface area contributed by atoms with Gasteiger partial charge in [-0.25, -0.2) is 0 Å². The van der Waals surface area contributed by atoms with E-state index in [-0.39, 0.29) is 0 Å². The van der Waals surface area contributed by atoms with Crippen LogP contribution in [0.1, 0.15) is 0 Å². The molecule has 0 aliphatic heterocycles. The highest BCUT2D eigenvalue weighted by Gasteiger charge is 2.22. The lowest BCUT2D eigenvalue weighted by molar-refractivity contribution is 0.670. The first kappa shape index (κ1) is 31.6. The Morgan fingerprint density at radius 2 is 0.907 bits per heavy atom. The summed E-state index contributed by atoms with van der Waals surface area (Å²) < 4.78 is 6.80. The van der Waals surface area contributed by atoms with Gasteiger partial charge in [0.25, 0.3) is 0 Å². The van der Waals surface area contributed by atoms with Crippen LogP contribution in [0.5, 0.6) is 0 Å². The molecule has 0 aliphatic carbocycles. The molecule has 0 unspecified atom stereocenters. The Morgan fingerprint density at radius 1 is 0.333 bits per heavy atom. The van der Waals surface area contributed by atoms with E-state index < -0.39 is 0 Å². The zero-order valence-corrected chi connectivity index (χ0v) is 29.6. The molecule has 0 spiro atoms. The molecule has 1 heterocycles. The van der Waals surface area contributed by atoms with Crippen molar-refractivity contribution in [3.8, 4) is 44.5 Å². The number of fused-ring (bicyclic) bond motifs is 4. The molecule has 0 N–H and O–H groups in total. The molecule has 2 nitrogen and oxygen atoms in total. The van der Waals surface area contributed by atoms with E-state index >= 15 is 0 Å². The summed E-state index contributed by atoms with van der Waals surface area (Å²) in [6.07, 6.45) is 0. The molecule has 0 saturated carbocycles. The summed E-state index contributed by atoms with van der Waals surface area (Å²) in [5.41, 5.74) is 14.2. The molecule has 0 atom stereocenters. The van der Waals surface area contributed by atoms with Crippen LogP contribution >= 0.6 is 0 Å². The third kappa shape index (κ3) is 5.71. The van der Waals surface area contributed by atoms with E-state index in [1.807, 2.05) is 6.07 Å². The summed E-state index contributed by atoms with van der Waals surface area (Å²) in [5.74, 6) is 0. The van der Waals surface area contributed by atoms with Gasteiger partial charge in [-0.2, -0.15) is 0 Å². The molecule has 54 heavy (non-hydrogen) atoms. The fourth-order valence-corrected chi connectivity index (χ4v) is 7.78. The van der Waals surface area contributed by atoms with Crippen LogP contribution in [0.3, 0.4) is 0 Å². The molecule has 2 heteroatoms. The quantitative estimate of drug-likeness (QED) is 0.166. The topological polar surface area (TPSA) is 16.4 Å². The Balaban J connectivity index is 1.16. The van der Waals surface area contributed by atoms with E-state index in [1.54, 1.807) is 0 Å². The van der Waals surface area contributed by atoms with E-state index in [2.05, 4.69) is 211 Å². The molecule has 0 aliphatic rings. The van der Waals surface area contributed by atoms with Gasteiger partial charge < -0.3 is 9.32 Å². The fourth-order valence-electron chi connectivity index (χ4n) is 7.78. The molecule has 0 amide bonds. The molecular formula is C52H35NO. The molecule has 10 aromatic rings. The maximum Gasteiger partial charge on any atom is 0.145 e. The first-order chi connectivity index (χ1) is 26.8. The van der Waals surface area contributed by atoms with Crippen molar-refractivity contribution < 1.29 is 4.42 Å². The van der Waals surface area contributed by atoms with Gasteiger partial charge in [-0.1, -0.05) is 158 Å². The zero-order chi connectivity index (χ0) is 35.8. The van der Waals surface area contributed by atoms with Crippen molar-refractivity contribution in [1.82, 2.24) is 0 Å². The second-order valence-corrected chi connectivity index (χ2v) is 13.7. The third-order valence-electron chi connectivity index (χ3n) is 10.4. The lowest BCUT2D eigenvalue weighted by Crippen LogP contribution is -2.10. The molecule has 0 bridgehead atoms. The first-order valence-corrected chi connectivity index (χ1v) is 18.4. The average molecular weight is 690 g/mol. The molecule has 0 radical (unpaired) electrons. The minimum Gasteiger partial charge on any atom is -0.455 e. The Bertz CT molecular complexity index is 2920. The Labute approximate surface area is 314 Å². The van der Waals surface area contributed by atoms with Crippen molar-refractivity contribution in [3.63, 3.8) is 0 Å². The van der Waals surface area contributed by atoms with Crippen LogP contribution < -0.4 is 4.90 Å². The van der Waals surface area contributed by atoms with Crippen molar-refractivity contribution >= 4 is 49.8 Å². The summed E-state index contributed by atoms with van der Waals surface area (Å²) in [6.45, 7) is 0. The summed E-state index contributed by atoms with van der Waals surface area (Å²) >= 11 is 0. The summed E-state index contributed by atoms with van der Waals surface area (Å²) in [5, 5.41) is 4.60. The minimum absolute atomic E-state index is 0.869. The van der Waals surface area contributed by atoms with Gasteiger partial charge in [0.05, 0.1) is 11.1 Å². The third-order valence-corrected chi connectivity index (χ3v) is 10.4. The Hall–Kier alpha value is -7.16. The van der Waals surface area contributed by atoms with Gasteiger partial charge in [0.1, 0.15) is 11.2 Å². The molecule has 10 rings (SSSR count). The second kappa shape index (κ2) is 13.4. The Morgan fingerprint density at radius 3 is 1.65 bits per heavy atom. The van der Waals surface area contributed by atoms with E-state index in [4.69, 9.17) is 4.42 Å². The predicted octanol–water partition coefficient (Wildman–Crippen LogP) is 14.9. The van der Waals surface area contributed by atoms with Gasteiger partial charge in [0.15, 0.2) is 0 Å². The van der Waals surface area contributed by atoms with Crippen molar-refractivity contribution in [2.45, 2.75) is 0 Å². The van der Waals surface area contributed by atoms with E-state index in [0.29, 0.717) is 0 Å². The van der Waals surface area contributed by atoms with Crippen LogP contribution in [0.2, 0.25) is 0 Å². The van der Waals surface area contributed by atoms with Crippen LogP contribution in [0.15, 0.2) is 217 Å². The lowest BCUT2D eigenvalue weighted by atomic mass is 9.97. The van der Waals surface area contributed by atoms with Crippen LogP contribution in [0.4, 0.5) is 17.1 Å².